The van der Waals surface area contributed by atoms with Crippen molar-refractivity contribution < 1.29 is 23.8 Å². The van der Waals surface area contributed by atoms with Crippen LogP contribution in [0, 0.1) is 5.92 Å². The van der Waals surface area contributed by atoms with Crippen LogP contribution in [0.25, 0.3) is 0 Å². The SMILES string of the molecule is C[C@]12C[C@@H]3OC(=O)C[C@H]3[C@H]3C=C(CC[C@H]1O2)C(=O)O3. The molecule has 0 aromatic rings. The summed E-state index contributed by atoms with van der Waals surface area (Å²) >= 11 is 0. The van der Waals surface area contributed by atoms with E-state index >= 15 is 0 Å². The molecule has 2 fully saturated rings. The normalized spacial score (nSPS) is 47.7. The predicted octanol–water partition coefficient (Wildman–Crippen LogP) is 1.11. The number of esters is 2. The number of fused-ring (bicyclic) bond motifs is 4. The number of epoxide rings is 1. The Morgan fingerprint density at radius 3 is 3.00 bits per heavy atom. The maximum absolute atomic E-state index is 11.8. The summed E-state index contributed by atoms with van der Waals surface area (Å²) < 4.78 is 16.6. The first kappa shape index (κ1) is 11.5. The Hall–Kier alpha value is -1.36. The number of hydrogen-bond donors (Lipinski definition) is 0. The zero-order valence-corrected chi connectivity index (χ0v) is 10.8. The number of carbonyl (C=O) groups excluding carboxylic acids is 2. The van der Waals surface area contributed by atoms with Gasteiger partial charge in [-0.25, -0.2) is 4.79 Å². The highest BCUT2D eigenvalue weighted by molar-refractivity contribution is 5.91. The first-order chi connectivity index (χ1) is 9.05. The molecule has 3 aliphatic heterocycles. The zero-order chi connectivity index (χ0) is 13.2. The Kier molecular flexibility index (Phi) is 2.17. The molecule has 102 valence electrons. The standard InChI is InChI=1S/C14H16O5/c1-14-6-10-8(5-12(15)17-10)9-4-7(13(16)18-9)2-3-11(14)19-14/h4,8-11H,2-3,5-6H2,1H3/t8-,9+,10-,11+,14-/m0/s1. The molecule has 1 aliphatic carbocycles. The van der Waals surface area contributed by atoms with Crippen molar-refractivity contribution in [1.82, 2.24) is 0 Å². The molecule has 0 saturated carbocycles. The Morgan fingerprint density at radius 1 is 1.32 bits per heavy atom. The van der Waals surface area contributed by atoms with Crippen molar-refractivity contribution in [1.29, 1.82) is 0 Å². The second kappa shape index (κ2) is 3.60. The van der Waals surface area contributed by atoms with Gasteiger partial charge < -0.3 is 14.2 Å². The molecule has 2 saturated heterocycles. The van der Waals surface area contributed by atoms with Crippen molar-refractivity contribution >= 4 is 11.9 Å². The van der Waals surface area contributed by atoms with E-state index in [4.69, 9.17) is 14.2 Å². The van der Waals surface area contributed by atoms with Crippen LogP contribution in [-0.4, -0.2) is 35.9 Å². The van der Waals surface area contributed by atoms with Gasteiger partial charge in [0.05, 0.1) is 18.1 Å². The van der Waals surface area contributed by atoms with Crippen LogP contribution >= 0.6 is 0 Å². The fourth-order valence-corrected chi connectivity index (χ4v) is 3.57. The van der Waals surface area contributed by atoms with E-state index < -0.39 is 0 Å². The number of hydrogen-bond acceptors (Lipinski definition) is 5. The van der Waals surface area contributed by atoms with Crippen LogP contribution in [-0.2, 0) is 23.8 Å². The van der Waals surface area contributed by atoms with Crippen molar-refractivity contribution in [3.8, 4) is 0 Å². The highest BCUT2D eigenvalue weighted by Crippen LogP contribution is 2.48. The smallest absolute Gasteiger partial charge is 0.334 e. The molecule has 5 atom stereocenters. The summed E-state index contributed by atoms with van der Waals surface area (Å²) in [6.07, 6.45) is 4.09. The second-order valence-electron chi connectivity index (χ2n) is 6.12. The van der Waals surface area contributed by atoms with Crippen molar-refractivity contribution in [2.75, 3.05) is 0 Å². The van der Waals surface area contributed by atoms with Gasteiger partial charge in [-0.05, 0) is 25.8 Å². The summed E-state index contributed by atoms with van der Waals surface area (Å²) in [6.45, 7) is 2.06. The number of ether oxygens (including phenoxy) is 3. The second-order valence-corrected chi connectivity index (χ2v) is 6.12. The van der Waals surface area contributed by atoms with E-state index in [0.717, 1.165) is 12.0 Å². The molecule has 4 rings (SSSR count). The number of carbonyl (C=O) groups is 2. The summed E-state index contributed by atoms with van der Waals surface area (Å²) in [5.41, 5.74) is 0.524. The van der Waals surface area contributed by atoms with Gasteiger partial charge in [0.2, 0.25) is 0 Å². The third-order valence-corrected chi connectivity index (χ3v) is 4.77. The molecule has 0 aromatic heterocycles. The maximum atomic E-state index is 11.8. The molecule has 0 radical (unpaired) electrons. The molecule has 0 amide bonds. The molecule has 0 spiro atoms. The molecular weight excluding hydrogens is 248 g/mol. The Labute approximate surface area is 110 Å². The van der Waals surface area contributed by atoms with Crippen LogP contribution in [0.2, 0.25) is 0 Å². The summed E-state index contributed by atoms with van der Waals surface area (Å²) in [6, 6.07) is 0. The Bertz CT molecular complexity index is 496. The molecule has 5 heteroatoms. The van der Waals surface area contributed by atoms with Crippen LogP contribution in [0.5, 0.6) is 0 Å². The molecule has 5 nitrogen and oxygen atoms in total. The average molecular weight is 264 g/mol. The van der Waals surface area contributed by atoms with Crippen molar-refractivity contribution in [2.45, 2.75) is 56.5 Å². The van der Waals surface area contributed by atoms with Crippen molar-refractivity contribution in [3.05, 3.63) is 11.6 Å². The molecule has 4 aliphatic rings. The first-order valence-corrected chi connectivity index (χ1v) is 6.84. The average Bonchev–Trinajstić information content (AvgIpc) is 2.66. The monoisotopic (exact) mass is 264 g/mol. The van der Waals surface area contributed by atoms with Gasteiger partial charge in [-0.15, -0.1) is 0 Å². The van der Waals surface area contributed by atoms with E-state index in [2.05, 4.69) is 6.92 Å². The van der Waals surface area contributed by atoms with Gasteiger partial charge in [-0.1, -0.05) is 0 Å². The highest BCUT2D eigenvalue weighted by atomic mass is 16.6. The summed E-state index contributed by atoms with van der Waals surface area (Å²) in [5.74, 6) is -0.506. The molecule has 0 unspecified atom stereocenters. The van der Waals surface area contributed by atoms with Crippen LogP contribution in [0.15, 0.2) is 11.6 Å². The van der Waals surface area contributed by atoms with Crippen LogP contribution in [0.3, 0.4) is 0 Å². The van der Waals surface area contributed by atoms with Crippen molar-refractivity contribution in [3.63, 3.8) is 0 Å². The molecule has 0 aromatic carbocycles. The lowest BCUT2D eigenvalue weighted by atomic mass is 9.85. The van der Waals surface area contributed by atoms with Gasteiger partial charge >= 0.3 is 11.9 Å². The Morgan fingerprint density at radius 2 is 2.16 bits per heavy atom. The lowest BCUT2D eigenvalue weighted by Crippen LogP contribution is -2.32. The minimum Gasteiger partial charge on any atom is -0.462 e. The van der Waals surface area contributed by atoms with Gasteiger partial charge in [0, 0.05) is 17.9 Å². The van der Waals surface area contributed by atoms with E-state index in [0.29, 0.717) is 19.3 Å². The van der Waals surface area contributed by atoms with E-state index in [-0.39, 0.29) is 41.8 Å². The van der Waals surface area contributed by atoms with Gasteiger partial charge in [0.15, 0.2) is 0 Å². The number of rotatable bonds is 0. The van der Waals surface area contributed by atoms with Crippen LogP contribution < -0.4 is 0 Å². The Balaban J connectivity index is 1.68. The maximum Gasteiger partial charge on any atom is 0.334 e. The fraction of sp³-hybridized carbons (Fsp3) is 0.714. The molecule has 3 heterocycles. The van der Waals surface area contributed by atoms with E-state index in [1.807, 2.05) is 6.08 Å². The molecular formula is C14H16O5. The van der Waals surface area contributed by atoms with Crippen molar-refractivity contribution in [2.24, 2.45) is 5.92 Å². The summed E-state index contributed by atoms with van der Waals surface area (Å²) in [4.78, 5) is 23.4. The minimum atomic E-state index is -0.308. The van der Waals surface area contributed by atoms with Crippen LogP contribution in [0.4, 0.5) is 0 Å². The summed E-state index contributed by atoms with van der Waals surface area (Å²) in [5, 5.41) is 0. The third kappa shape index (κ3) is 1.71. The fourth-order valence-electron chi connectivity index (χ4n) is 3.57. The van der Waals surface area contributed by atoms with Gasteiger partial charge in [-0.3, -0.25) is 4.79 Å². The lowest BCUT2D eigenvalue weighted by molar-refractivity contribution is -0.143. The molecule has 0 N–H and O–H groups in total. The van der Waals surface area contributed by atoms with Gasteiger partial charge in [0.25, 0.3) is 0 Å². The third-order valence-electron chi connectivity index (χ3n) is 4.77. The lowest BCUT2D eigenvalue weighted by Gasteiger charge is -2.23. The first-order valence-electron chi connectivity index (χ1n) is 6.84. The van der Waals surface area contributed by atoms with Crippen LogP contribution in [0.1, 0.15) is 32.6 Å². The molecule has 19 heavy (non-hydrogen) atoms. The predicted molar refractivity (Wildman–Crippen MR) is 63.1 cm³/mol. The van der Waals surface area contributed by atoms with Gasteiger partial charge in [-0.2, -0.15) is 0 Å². The zero-order valence-electron chi connectivity index (χ0n) is 10.8. The topological polar surface area (TPSA) is 65.1 Å². The van der Waals surface area contributed by atoms with Gasteiger partial charge in [0.1, 0.15) is 12.2 Å². The molecule has 2 bridgehead atoms. The highest BCUT2D eigenvalue weighted by Gasteiger charge is 2.57. The van der Waals surface area contributed by atoms with E-state index in [1.165, 1.54) is 0 Å². The minimum absolute atomic E-state index is 0.0614. The largest absolute Gasteiger partial charge is 0.462 e. The van der Waals surface area contributed by atoms with E-state index in [9.17, 15) is 9.59 Å². The quantitative estimate of drug-likeness (QED) is 0.484. The summed E-state index contributed by atoms with van der Waals surface area (Å²) in [7, 11) is 0. The van der Waals surface area contributed by atoms with E-state index in [1.54, 1.807) is 0 Å².